The molecule has 0 aliphatic carbocycles. The molecule has 0 bridgehead atoms. The van der Waals surface area contributed by atoms with Gasteiger partial charge in [0.05, 0.1) is 0 Å². The van der Waals surface area contributed by atoms with Gasteiger partial charge in [0.1, 0.15) is 5.51 Å². The summed E-state index contributed by atoms with van der Waals surface area (Å²) in [7, 11) is 1.58. The fraction of sp³-hybridized carbons (Fsp3) is 0.333. The van der Waals surface area contributed by atoms with Crippen molar-refractivity contribution in [1.82, 2.24) is 15.8 Å². The number of hydrogen-bond donors (Lipinski definition) is 1. The van der Waals surface area contributed by atoms with Gasteiger partial charge >= 0.3 is 0 Å². The van der Waals surface area contributed by atoms with Crippen molar-refractivity contribution in [3.8, 4) is 0 Å². The number of nitrogens with one attached hydrogen (secondary N) is 1. The molecule has 0 spiro atoms. The lowest BCUT2D eigenvalue weighted by Gasteiger charge is -2.19. The topological polar surface area (TPSA) is 64.1 Å². The monoisotopic (exact) mass is 145 g/mol. The third-order valence-electron chi connectivity index (χ3n) is 0.772. The Hall–Kier alpha value is -0.720. The van der Waals surface area contributed by atoms with Crippen LogP contribution in [0.25, 0.3) is 0 Å². The molecule has 1 aromatic heterocycles. The van der Waals surface area contributed by atoms with Crippen LogP contribution >= 0.6 is 11.3 Å². The van der Waals surface area contributed by atoms with Crippen molar-refractivity contribution >= 4 is 16.5 Å². The third-order valence-corrected chi connectivity index (χ3v) is 1.54. The molecular weight excluding hydrogens is 140 g/mol. The minimum atomic E-state index is 0.560. The molecule has 0 aromatic carbocycles. The number of aromatic nitrogens is 2. The summed E-state index contributed by atoms with van der Waals surface area (Å²) in [5.74, 6) is 0. The largest absolute Gasteiger partial charge is 0.770 e. The first-order valence-corrected chi connectivity index (χ1v) is 3.10. The standard InChI is InChI=1S/C3H5N4OS/c1-7(6-8)3-5-4-2-9-3/h2,6H,1H3/q-1. The van der Waals surface area contributed by atoms with Gasteiger partial charge in [-0.25, -0.2) is 0 Å². The summed E-state index contributed by atoms with van der Waals surface area (Å²) in [6, 6.07) is 0. The number of hydrogen-bond acceptors (Lipinski definition) is 6. The highest BCUT2D eigenvalue weighted by atomic mass is 32.1. The Morgan fingerprint density at radius 1 is 1.89 bits per heavy atom. The van der Waals surface area contributed by atoms with E-state index in [1.54, 1.807) is 18.1 Å². The molecule has 6 heteroatoms. The number of rotatable bonds is 2. The van der Waals surface area contributed by atoms with Crippen LogP contribution in [-0.2, 0) is 0 Å². The van der Waals surface area contributed by atoms with Gasteiger partial charge in [0, 0.05) is 7.05 Å². The lowest BCUT2D eigenvalue weighted by atomic mass is 11.1. The maximum Gasteiger partial charge on any atom is 0.221 e. The molecule has 0 atom stereocenters. The quantitative estimate of drug-likeness (QED) is 0.592. The number of hydrazine groups is 1. The van der Waals surface area contributed by atoms with E-state index in [-0.39, 0.29) is 0 Å². The summed E-state index contributed by atoms with van der Waals surface area (Å²) in [6.07, 6.45) is 0. The zero-order valence-corrected chi connectivity index (χ0v) is 5.55. The van der Waals surface area contributed by atoms with Crippen LogP contribution in [0, 0.1) is 5.21 Å². The van der Waals surface area contributed by atoms with E-state index in [0.717, 1.165) is 0 Å². The Balaban J connectivity index is 2.65. The van der Waals surface area contributed by atoms with Gasteiger partial charge in [0.15, 0.2) is 0 Å². The van der Waals surface area contributed by atoms with Crippen molar-refractivity contribution in [2.75, 3.05) is 12.1 Å². The van der Waals surface area contributed by atoms with Gasteiger partial charge in [-0.15, -0.1) is 10.2 Å². The van der Waals surface area contributed by atoms with E-state index in [1.807, 2.05) is 0 Å². The Morgan fingerprint density at radius 2 is 2.67 bits per heavy atom. The van der Waals surface area contributed by atoms with Crippen LogP contribution in [0.15, 0.2) is 5.51 Å². The molecule has 9 heavy (non-hydrogen) atoms. The first-order valence-electron chi connectivity index (χ1n) is 2.22. The van der Waals surface area contributed by atoms with E-state index >= 15 is 0 Å². The molecule has 0 saturated heterocycles. The van der Waals surface area contributed by atoms with Crippen molar-refractivity contribution in [1.29, 1.82) is 0 Å². The summed E-state index contributed by atoms with van der Waals surface area (Å²) >= 11 is 1.30. The zero-order valence-electron chi connectivity index (χ0n) is 4.74. The maximum absolute atomic E-state index is 9.94. The van der Waals surface area contributed by atoms with Crippen LogP contribution in [0.1, 0.15) is 0 Å². The molecule has 1 aromatic rings. The van der Waals surface area contributed by atoms with Crippen LogP contribution in [-0.4, -0.2) is 17.2 Å². The van der Waals surface area contributed by atoms with E-state index in [2.05, 4.69) is 10.2 Å². The lowest BCUT2D eigenvalue weighted by Crippen LogP contribution is -2.28. The predicted octanol–water partition coefficient (Wildman–Crippen LogP) is -0.0233. The van der Waals surface area contributed by atoms with E-state index in [0.29, 0.717) is 5.13 Å². The predicted molar refractivity (Wildman–Crippen MR) is 34.8 cm³/mol. The van der Waals surface area contributed by atoms with Crippen LogP contribution in [0.4, 0.5) is 5.13 Å². The van der Waals surface area contributed by atoms with Crippen LogP contribution in [0.5, 0.6) is 0 Å². The van der Waals surface area contributed by atoms with Gasteiger partial charge in [-0.2, -0.15) is 0 Å². The Labute approximate surface area is 55.9 Å². The summed E-state index contributed by atoms with van der Waals surface area (Å²) in [6.45, 7) is 0. The van der Waals surface area contributed by atoms with Gasteiger partial charge in [0.25, 0.3) is 0 Å². The van der Waals surface area contributed by atoms with Crippen molar-refractivity contribution in [2.24, 2.45) is 0 Å². The molecule has 0 radical (unpaired) electrons. The van der Waals surface area contributed by atoms with Crippen molar-refractivity contribution < 1.29 is 0 Å². The zero-order chi connectivity index (χ0) is 6.69. The first kappa shape index (κ1) is 6.40. The highest BCUT2D eigenvalue weighted by Gasteiger charge is 1.96. The number of nitrogens with zero attached hydrogens (tertiary/aromatic N) is 3. The summed E-state index contributed by atoms with van der Waals surface area (Å²) in [5.41, 5.74) is 3.22. The maximum atomic E-state index is 9.94. The number of anilines is 1. The molecule has 1 N–H and O–H groups in total. The van der Waals surface area contributed by atoms with E-state index in [1.165, 1.54) is 16.3 Å². The normalized spacial score (nSPS) is 9.56. The SMILES string of the molecule is CN(N[O-])c1nncs1. The van der Waals surface area contributed by atoms with Gasteiger partial charge in [-0.1, -0.05) is 11.3 Å². The average Bonchev–Trinajstić information content (AvgIpc) is 2.37. The summed E-state index contributed by atoms with van der Waals surface area (Å²) < 4.78 is 0. The molecule has 0 aliphatic heterocycles. The van der Waals surface area contributed by atoms with Crippen LogP contribution in [0.3, 0.4) is 0 Å². The average molecular weight is 145 g/mol. The molecule has 5 nitrogen and oxygen atoms in total. The van der Waals surface area contributed by atoms with Crippen molar-refractivity contribution in [3.05, 3.63) is 10.7 Å². The molecule has 0 aliphatic rings. The fourth-order valence-corrected chi connectivity index (χ4v) is 0.831. The van der Waals surface area contributed by atoms with Crippen molar-refractivity contribution in [3.63, 3.8) is 0 Å². The van der Waals surface area contributed by atoms with Gasteiger partial charge in [-0.05, 0) is 0 Å². The molecule has 50 valence electrons. The Bertz CT molecular complexity index is 164. The minimum Gasteiger partial charge on any atom is -0.770 e. The molecule has 0 fully saturated rings. The van der Waals surface area contributed by atoms with Gasteiger partial charge in [-0.3, -0.25) is 5.01 Å². The lowest BCUT2D eigenvalue weighted by molar-refractivity contribution is 0.825. The molecular formula is C3H5N4OS-. The molecule has 1 rings (SSSR count). The van der Waals surface area contributed by atoms with E-state index in [9.17, 15) is 5.21 Å². The fourth-order valence-electron chi connectivity index (χ4n) is 0.352. The highest BCUT2D eigenvalue weighted by Crippen LogP contribution is 2.10. The van der Waals surface area contributed by atoms with E-state index < -0.39 is 0 Å². The molecule has 0 amide bonds. The summed E-state index contributed by atoms with van der Waals surface area (Å²) in [4.78, 5) is 0. The third kappa shape index (κ3) is 1.35. The van der Waals surface area contributed by atoms with Crippen LogP contribution in [0.2, 0.25) is 0 Å². The van der Waals surface area contributed by atoms with Crippen molar-refractivity contribution in [2.45, 2.75) is 0 Å². The Kier molecular flexibility index (Phi) is 1.93. The second kappa shape index (κ2) is 2.72. The van der Waals surface area contributed by atoms with E-state index in [4.69, 9.17) is 0 Å². The summed E-state index contributed by atoms with van der Waals surface area (Å²) in [5, 5.41) is 18.9. The smallest absolute Gasteiger partial charge is 0.221 e. The Morgan fingerprint density at radius 3 is 3.11 bits per heavy atom. The molecule has 0 saturated carbocycles. The molecule has 1 heterocycles. The second-order valence-corrected chi connectivity index (χ2v) is 2.18. The minimum absolute atomic E-state index is 0.560. The first-order chi connectivity index (χ1) is 4.34. The van der Waals surface area contributed by atoms with Crippen LogP contribution < -0.4 is 10.6 Å². The molecule has 0 unspecified atom stereocenters. The second-order valence-electron chi connectivity index (χ2n) is 1.37. The van der Waals surface area contributed by atoms with Gasteiger partial charge in [0.2, 0.25) is 5.13 Å². The van der Waals surface area contributed by atoms with Gasteiger partial charge < -0.3 is 10.8 Å². The highest BCUT2D eigenvalue weighted by molar-refractivity contribution is 7.13.